The average molecular weight is 313 g/mol. The Morgan fingerprint density at radius 1 is 1.43 bits per heavy atom. The predicted molar refractivity (Wildman–Crippen MR) is 86.1 cm³/mol. The molecule has 0 unspecified atom stereocenters. The minimum Gasteiger partial charge on any atom is -0.455 e. The van der Waals surface area contributed by atoms with Gasteiger partial charge in [0.05, 0.1) is 17.6 Å². The van der Waals surface area contributed by atoms with Gasteiger partial charge in [-0.1, -0.05) is 19.0 Å². The van der Waals surface area contributed by atoms with E-state index in [2.05, 4.69) is 29.3 Å². The lowest BCUT2D eigenvalue weighted by Gasteiger charge is -2.28. The van der Waals surface area contributed by atoms with E-state index in [-0.39, 0.29) is 17.1 Å². The maximum absolute atomic E-state index is 12.5. The highest BCUT2D eigenvalue weighted by Crippen LogP contribution is 2.38. The summed E-state index contributed by atoms with van der Waals surface area (Å²) in [6, 6.07) is 3.50. The zero-order valence-corrected chi connectivity index (χ0v) is 13.4. The van der Waals surface area contributed by atoms with Crippen LogP contribution in [0.5, 0.6) is 0 Å². The number of oxime groups is 1. The molecule has 2 heterocycles. The number of amides is 1. The summed E-state index contributed by atoms with van der Waals surface area (Å²) in [5.41, 5.74) is 2.55. The summed E-state index contributed by atoms with van der Waals surface area (Å²) in [6.07, 6.45) is 4.54. The first-order chi connectivity index (χ1) is 10.9. The molecule has 0 aromatic carbocycles. The number of nitrogens with one attached hydrogen (secondary N) is 1. The molecule has 1 amide bonds. The van der Waals surface area contributed by atoms with Gasteiger partial charge in [-0.2, -0.15) is 0 Å². The second-order valence-corrected chi connectivity index (χ2v) is 6.61. The smallest absolute Gasteiger partial charge is 0.291 e. The van der Waals surface area contributed by atoms with Crippen molar-refractivity contribution in [1.82, 2.24) is 4.98 Å². The molecule has 0 fully saturated rings. The molecule has 6 nitrogen and oxygen atoms in total. The van der Waals surface area contributed by atoms with Crippen LogP contribution in [0.2, 0.25) is 0 Å². The molecule has 0 spiro atoms. The summed E-state index contributed by atoms with van der Waals surface area (Å²) in [5.74, 6) is 0.612. The van der Waals surface area contributed by atoms with Crippen molar-refractivity contribution in [2.24, 2.45) is 10.6 Å². The second kappa shape index (κ2) is 5.53. The number of pyridine rings is 1. The molecule has 2 aromatic heterocycles. The Kier molecular flexibility index (Phi) is 3.67. The number of hydrogen-bond acceptors (Lipinski definition) is 5. The molecule has 1 aliphatic carbocycles. The predicted octanol–water partition coefficient (Wildman–Crippen LogP) is 3.39. The van der Waals surface area contributed by atoms with Gasteiger partial charge < -0.3 is 14.9 Å². The van der Waals surface area contributed by atoms with Gasteiger partial charge >= 0.3 is 0 Å². The standard InChI is InChI=1S/C17H19N3O3/c1-10-14-12(20-22)7-17(2,3)8-13(14)23-15(10)16(21)19-11-5-4-6-18-9-11/h4-6,9,22H,7-8H2,1-3H3,(H,19,21)/b20-12+. The molecule has 0 aliphatic heterocycles. The van der Waals surface area contributed by atoms with Crippen LogP contribution in [-0.4, -0.2) is 21.8 Å². The third-order valence-corrected chi connectivity index (χ3v) is 4.04. The third kappa shape index (κ3) is 2.84. The number of aromatic nitrogens is 1. The topological polar surface area (TPSA) is 87.7 Å². The second-order valence-electron chi connectivity index (χ2n) is 6.61. The van der Waals surface area contributed by atoms with E-state index >= 15 is 0 Å². The lowest BCUT2D eigenvalue weighted by molar-refractivity contribution is 0.0993. The highest BCUT2D eigenvalue weighted by atomic mass is 16.4. The van der Waals surface area contributed by atoms with Gasteiger partial charge in [0.15, 0.2) is 5.76 Å². The van der Waals surface area contributed by atoms with Crippen LogP contribution in [0.4, 0.5) is 5.69 Å². The van der Waals surface area contributed by atoms with Gasteiger partial charge in [-0.05, 0) is 30.9 Å². The summed E-state index contributed by atoms with van der Waals surface area (Å²) in [4.78, 5) is 16.4. The molecule has 1 aliphatic rings. The highest BCUT2D eigenvalue weighted by Gasteiger charge is 2.36. The number of fused-ring (bicyclic) bond motifs is 1. The molecule has 0 saturated carbocycles. The summed E-state index contributed by atoms with van der Waals surface area (Å²) in [5, 5.41) is 15.5. The Hall–Kier alpha value is -2.63. The maximum atomic E-state index is 12.5. The summed E-state index contributed by atoms with van der Waals surface area (Å²) in [7, 11) is 0. The van der Waals surface area contributed by atoms with E-state index in [1.807, 2.05) is 6.92 Å². The van der Waals surface area contributed by atoms with E-state index in [1.165, 1.54) is 0 Å². The highest BCUT2D eigenvalue weighted by molar-refractivity contribution is 6.09. The summed E-state index contributed by atoms with van der Waals surface area (Å²) in [6.45, 7) is 5.96. The van der Waals surface area contributed by atoms with Gasteiger partial charge in [-0.25, -0.2) is 0 Å². The van der Waals surface area contributed by atoms with Crippen molar-refractivity contribution in [3.05, 3.63) is 47.2 Å². The normalized spacial score (nSPS) is 17.8. The van der Waals surface area contributed by atoms with Gasteiger partial charge in [-0.3, -0.25) is 9.78 Å². The average Bonchev–Trinajstić information content (AvgIpc) is 2.83. The SMILES string of the molecule is Cc1c(C(=O)Nc2cccnc2)oc2c1/C(=N/O)CC(C)(C)C2. The molecule has 3 rings (SSSR count). The molecular formula is C17H19N3O3. The van der Waals surface area contributed by atoms with Crippen LogP contribution in [-0.2, 0) is 6.42 Å². The van der Waals surface area contributed by atoms with Crippen molar-refractivity contribution >= 4 is 17.3 Å². The van der Waals surface area contributed by atoms with E-state index in [9.17, 15) is 10.0 Å². The van der Waals surface area contributed by atoms with Crippen LogP contribution >= 0.6 is 0 Å². The zero-order chi connectivity index (χ0) is 16.6. The quantitative estimate of drug-likeness (QED) is 0.657. The van der Waals surface area contributed by atoms with Crippen molar-refractivity contribution in [3.63, 3.8) is 0 Å². The number of carbonyl (C=O) groups is 1. The van der Waals surface area contributed by atoms with Crippen LogP contribution < -0.4 is 5.32 Å². The van der Waals surface area contributed by atoms with Crippen molar-refractivity contribution in [3.8, 4) is 0 Å². The number of rotatable bonds is 2. The Labute approximate surface area is 134 Å². The van der Waals surface area contributed by atoms with E-state index in [4.69, 9.17) is 4.42 Å². The first kappa shape index (κ1) is 15.3. The third-order valence-electron chi connectivity index (χ3n) is 4.04. The fourth-order valence-corrected chi connectivity index (χ4v) is 3.04. The monoisotopic (exact) mass is 313 g/mol. The summed E-state index contributed by atoms with van der Waals surface area (Å²) < 4.78 is 5.81. The Bertz CT molecular complexity index is 776. The van der Waals surface area contributed by atoms with Crippen molar-refractivity contribution < 1.29 is 14.4 Å². The lowest BCUT2D eigenvalue weighted by atomic mass is 9.75. The fourth-order valence-electron chi connectivity index (χ4n) is 3.04. The molecule has 2 N–H and O–H groups in total. The lowest BCUT2D eigenvalue weighted by Crippen LogP contribution is -2.27. The number of anilines is 1. The number of hydrogen-bond donors (Lipinski definition) is 2. The van der Waals surface area contributed by atoms with Gasteiger partial charge in [0.25, 0.3) is 5.91 Å². The zero-order valence-electron chi connectivity index (χ0n) is 13.4. The molecule has 0 atom stereocenters. The van der Waals surface area contributed by atoms with E-state index in [0.29, 0.717) is 35.6 Å². The van der Waals surface area contributed by atoms with Gasteiger partial charge in [-0.15, -0.1) is 0 Å². The van der Waals surface area contributed by atoms with E-state index < -0.39 is 0 Å². The first-order valence-electron chi connectivity index (χ1n) is 7.46. The van der Waals surface area contributed by atoms with Crippen LogP contribution in [0.25, 0.3) is 0 Å². The van der Waals surface area contributed by atoms with Crippen LogP contribution in [0.1, 0.15) is 47.7 Å². The number of carbonyl (C=O) groups excluding carboxylic acids is 1. The van der Waals surface area contributed by atoms with E-state index in [0.717, 1.165) is 5.56 Å². The molecular weight excluding hydrogens is 294 g/mol. The Morgan fingerprint density at radius 3 is 2.87 bits per heavy atom. The molecule has 0 saturated heterocycles. The van der Waals surface area contributed by atoms with Crippen LogP contribution in [0.3, 0.4) is 0 Å². The minimum atomic E-state index is -0.333. The van der Waals surface area contributed by atoms with Crippen LogP contribution in [0.15, 0.2) is 34.1 Å². The largest absolute Gasteiger partial charge is 0.455 e. The van der Waals surface area contributed by atoms with E-state index in [1.54, 1.807) is 24.5 Å². The molecule has 23 heavy (non-hydrogen) atoms. The Balaban J connectivity index is 1.97. The molecule has 2 aromatic rings. The maximum Gasteiger partial charge on any atom is 0.291 e. The molecule has 0 bridgehead atoms. The van der Waals surface area contributed by atoms with Gasteiger partial charge in [0.1, 0.15) is 5.76 Å². The molecule has 120 valence electrons. The van der Waals surface area contributed by atoms with Gasteiger partial charge in [0, 0.05) is 23.7 Å². The van der Waals surface area contributed by atoms with Crippen LogP contribution in [0, 0.1) is 12.3 Å². The Morgan fingerprint density at radius 2 is 2.22 bits per heavy atom. The fraction of sp³-hybridized carbons (Fsp3) is 0.353. The van der Waals surface area contributed by atoms with Gasteiger partial charge in [0.2, 0.25) is 0 Å². The molecule has 0 radical (unpaired) electrons. The summed E-state index contributed by atoms with van der Waals surface area (Å²) >= 11 is 0. The molecule has 6 heteroatoms. The van der Waals surface area contributed by atoms with Crippen molar-refractivity contribution in [2.75, 3.05) is 5.32 Å². The first-order valence-corrected chi connectivity index (χ1v) is 7.46. The van der Waals surface area contributed by atoms with Crippen molar-refractivity contribution in [1.29, 1.82) is 0 Å². The number of nitrogens with zero attached hydrogens (tertiary/aromatic N) is 2. The number of furan rings is 1. The minimum absolute atomic E-state index is 0.0735. The van der Waals surface area contributed by atoms with Crippen molar-refractivity contribution in [2.45, 2.75) is 33.6 Å².